The van der Waals surface area contributed by atoms with Crippen molar-refractivity contribution < 1.29 is 28.3 Å². The fourth-order valence-electron chi connectivity index (χ4n) is 2.92. The number of amides is 3. The van der Waals surface area contributed by atoms with Gasteiger partial charge in [0.1, 0.15) is 30.0 Å². The normalized spacial score (nSPS) is 19.0. The molecule has 0 saturated carbocycles. The van der Waals surface area contributed by atoms with Gasteiger partial charge in [-0.1, -0.05) is 6.92 Å². The standard InChI is InChI=1S/C19H20N2O7/c1-4-19(2)17(24)21(18(25)20-19)9-16(23)27-10-11-7-15(22)28-14-8-12(26-3)5-6-13(11)14/h5-8H,4,9-10H2,1-3H3,(H,20,25)/t19-/m0/s1. The Kier molecular flexibility index (Phi) is 5.08. The van der Waals surface area contributed by atoms with E-state index in [1.165, 1.54) is 13.2 Å². The molecule has 1 N–H and O–H groups in total. The molecular formula is C19H20N2O7. The third kappa shape index (κ3) is 3.55. The summed E-state index contributed by atoms with van der Waals surface area (Å²) in [6.07, 6.45) is 0.401. The molecule has 3 amide bonds. The van der Waals surface area contributed by atoms with Crippen molar-refractivity contribution in [1.29, 1.82) is 0 Å². The number of hydrogen-bond acceptors (Lipinski definition) is 7. The Balaban J connectivity index is 1.72. The lowest BCUT2D eigenvalue weighted by molar-refractivity contribution is -0.148. The second-order valence-corrected chi connectivity index (χ2v) is 6.62. The number of methoxy groups -OCH3 is 1. The van der Waals surface area contributed by atoms with Gasteiger partial charge in [-0.2, -0.15) is 0 Å². The average Bonchev–Trinajstić information content (AvgIpc) is 2.89. The van der Waals surface area contributed by atoms with E-state index in [4.69, 9.17) is 13.9 Å². The summed E-state index contributed by atoms with van der Waals surface area (Å²) in [7, 11) is 1.49. The summed E-state index contributed by atoms with van der Waals surface area (Å²) in [6.45, 7) is 2.65. The third-order valence-electron chi connectivity index (χ3n) is 4.77. The first-order chi connectivity index (χ1) is 13.3. The summed E-state index contributed by atoms with van der Waals surface area (Å²) in [6, 6.07) is 5.52. The van der Waals surface area contributed by atoms with Crippen molar-refractivity contribution in [2.24, 2.45) is 0 Å². The lowest BCUT2D eigenvalue weighted by Crippen LogP contribution is -2.43. The van der Waals surface area contributed by atoms with Crippen molar-refractivity contribution in [3.05, 3.63) is 40.2 Å². The van der Waals surface area contributed by atoms with Gasteiger partial charge in [0.15, 0.2) is 0 Å². The minimum absolute atomic E-state index is 0.206. The first kappa shape index (κ1) is 19.4. The van der Waals surface area contributed by atoms with Crippen molar-refractivity contribution in [3.8, 4) is 5.75 Å². The number of imide groups is 1. The number of ether oxygens (including phenoxy) is 2. The van der Waals surface area contributed by atoms with Gasteiger partial charge in [0, 0.05) is 23.1 Å². The van der Waals surface area contributed by atoms with E-state index in [1.807, 2.05) is 0 Å². The minimum atomic E-state index is -1.02. The predicted molar refractivity (Wildman–Crippen MR) is 97.8 cm³/mol. The van der Waals surface area contributed by atoms with Gasteiger partial charge in [0.2, 0.25) is 0 Å². The molecule has 0 radical (unpaired) electrons. The molecule has 1 aromatic heterocycles. The van der Waals surface area contributed by atoms with Gasteiger partial charge >= 0.3 is 17.6 Å². The molecular weight excluding hydrogens is 368 g/mol. The van der Waals surface area contributed by atoms with Gasteiger partial charge in [-0.3, -0.25) is 14.5 Å². The summed E-state index contributed by atoms with van der Waals surface area (Å²) < 4.78 is 15.4. The highest BCUT2D eigenvalue weighted by atomic mass is 16.5. The summed E-state index contributed by atoms with van der Waals surface area (Å²) in [5.74, 6) is -0.726. The van der Waals surface area contributed by atoms with E-state index >= 15 is 0 Å². The molecule has 1 fully saturated rings. The van der Waals surface area contributed by atoms with E-state index in [-0.39, 0.29) is 6.61 Å². The minimum Gasteiger partial charge on any atom is -0.497 e. The Morgan fingerprint density at radius 1 is 1.25 bits per heavy atom. The molecule has 0 bridgehead atoms. The number of esters is 1. The van der Waals surface area contributed by atoms with Crippen molar-refractivity contribution in [2.45, 2.75) is 32.4 Å². The summed E-state index contributed by atoms with van der Waals surface area (Å²) in [5.41, 5.74) is -0.881. The molecule has 2 aromatic rings. The predicted octanol–water partition coefficient (Wildman–Crippen LogP) is 1.57. The lowest BCUT2D eigenvalue weighted by Gasteiger charge is -2.18. The highest BCUT2D eigenvalue weighted by molar-refractivity contribution is 6.08. The van der Waals surface area contributed by atoms with Crippen LogP contribution >= 0.6 is 0 Å². The van der Waals surface area contributed by atoms with Crippen LogP contribution in [0.2, 0.25) is 0 Å². The maximum Gasteiger partial charge on any atom is 0.336 e. The van der Waals surface area contributed by atoms with E-state index in [0.717, 1.165) is 4.90 Å². The molecule has 3 rings (SSSR count). The average molecular weight is 388 g/mol. The molecule has 0 spiro atoms. The van der Waals surface area contributed by atoms with Crippen molar-refractivity contribution >= 4 is 28.9 Å². The van der Waals surface area contributed by atoms with Crippen molar-refractivity contribution in [3.63, 3.8) is 0 Å². The van der Waals surface area contributed by atoms with E-state index in [1.54, 1.807) is 32.0 Å². The number of fused-ring (bicyclic) bond motifs is 1. The maximum atomic E-state index is 12.3. The van der Waals surface area contributed by atoms with Gasteiger partial charge < -0.3 is 19.2 Å². The summed E-state index contributed by atoms with van der Waals surface area (Å²) >= 11 is 0. The van der Waals surface area contributed by atoms with Crippen LogP contribution in [0, 0.1) is 0 Å². The first-order valence-corrected chi connectivity index (χ1v) is 8.68. The molecule has 0 aliphatic carbocycles. The van der Waals surface area contributed by atoms with E-state index < -0.39 is 35.6 Å². The van der Waals surface area contributed by atoms with Crippen LogP contribution in [0.5, 0.6) is 5.75 Å². The zero-order chi connectivity index (χ0) is 20.5. The van der Waals surface area contributed by atoms with E-state index in [9.17, 15) is 19.2 Å². The van der Waals surface area contributed by atoms with Crippen LogP contribution < -0.4 is 15.7 Å². The van der Waals surface area contributed by atoms with Crippen LogP contribution in [-0.2, 0) is 20.9 Å². The van der Waals surface area contributed by atoms with Crippen LogP contribution in [0.15, 0.2) is 33.5 Å². The molecule has 1 saturated heterocycles. The monoisotopic (exact) mass is 388 g/mol. The Bertz CT molecular complexity index is 1010. The molecule has 148 valence electrons. The smallest absolute Gasteiger partial charge is 0.336 e. The first-order valence-electron chi connectivity index (χ1n) is 8.68. The molecule has 1 aliphatic rings. The number of hydrogen-bond donors (Lipinski definition) is 1. The maximum absolute atomic E-state index is 12.3. The van der Waals surface area contributed by atoms with Crippen molar-refractivity contribution in [1.82, 2.24) is 10.2 Å². The third-order valence-corrected chi connectivity index (χ3v) is 4.77. The Hall–Kier alpha value is -3.36. The molecule has 28 heavy (non-hydrogen) atoms. The van der Waals surface area contributed by atoms with E-state index in [0.29, 0.717) is 28.7 Å². The fourth-order valence-corrected chi connectivity index (χ4v) is 2.92. The van der Waals surface area contributed by atoms with E-state index in [2.05, 4.69) is 5.32 Å². The lowest BCUT2D eigenvalue weighted by atomic mass is 9.99. The number of benzene rings is 1. The summed E-state index contributed by atoms with van der Waals surface area (Å²) in [4.78, 5) is 49.1. The molecule has 9 heteroatoms. The van der Waals surface area contributed by atoms with Gasteiger partial charge in [-0.25, -0.2) is 9.59 Å². The molecule has 1 aliphatic heterocycles. The second-order valence-electron chi connectivity index (χ2n) is 6.62. The Morgan fingerprint density at radius 2 is 2.00 bits per heavy atom. The molecule has 2 heterocycles. The van der Waals surface area contributed by atoms with Gasteiger partial charge in [0.25, 0.3) is 5.91 Å². The van der Waals surface area contributed by atoms with Crippen molar-refractivity contribution in [2.75, 3.05) is 13.7 Å². The van der Waals surface area contributed by atoms with Crippen LogP contribution in [-0.4, -0.2) is 42.0 Å². The molecule has 1 aromatic carbocycles. The van der Waals surface area contributed by atoms with Crippen LogP contribution in [0.3, 0.4) is 0 Å². The van der Waals surface area contributed by atoms with Crippen LogP contribution in [0.25, 0.3) is 11.0 Å². The topological polar surface area (TPSA) is 115 Å². The number of carbonyl (C=O) groups is 3. The highest BCUT2D eigenvalue weighted by Gasteiger charge is 2.47. The number of nitrogens with one attached hydrogen (secondary N) is 1. The highest BCUT2D eigenvalue weighted by Crippen LogP contribution is 2.23. The van der Waals surface area contributed by atoms with Crippen LogP contribution in [0.1, 0.15) is 25.8 Å². The molecule has 0 unspecified atom stereocenters. The number of nitrogens with zero attached hydrogens (tertiary/aromatic N) is 1. The Labute approximate surface area is 160 Å². The van der Waals surface area contributed by atoms with Gasteiger partial charge in [-0.05, 0) is 25.5 Å². The fraction of sp³-hybridized carbons (Fsp3) is 0.368. The van der Waals surface area contributed by atoms with Crippen LogP contribution in [0.4, 0.5) is 4.79 Å². The number of carbonyl (C=O) groups excluding carboxylic acids is 3. The molecule has 1 atom stereocenters. The molecule has 9 nitrogen and oxygen atoms in total. The quantitative estimate of drug-likeness (QED) is 0.454. The van der Waals surface area contributed by atoms with Gasteiger partial charge in [0.05, 0.1) is 7.11 Å². The second kappa shape index (κ2) is 7.34. The Morgan fingerprint density at radius 3 is 2.64 bits per heavy atom. The number of urea groups is 1. The number of rotatable bonds is 6. The SMILES string of the molecule is CC[C@]1(C)NC(=O)N(CC(=O)OCc2cc(=O)oc3cc(OC)ccc23)C1=O. The largest absolute Gasteiger partial charge is 0.497 e. The summed E-state index contributed by atoms with van der Waals surface area (Å²) in [5, 5.41) is 3.15. The zero-order valence-corrected chi connectivity index (χ0v) is 15.7. The zero-order valence-electron chi connectivity index (χ0n) is 15.7. The van der Waals surface area contributed by atoms with Gasteiger partial charge in [-0.15, -0.1) is 0 Å².